The van der Waals surface area contributed by atoms with Crippen LogP contribution in [0.15, 0.2) is 24.3 Å². The van der Waals surface area contributed by atoms with E-state index in [1.54, 1.807) is 0 Å². The van der Waals surface area contributed by atoms with Crippen LogP contribution < -0.4 is 4.74 Å². The van der Waals surface area contributed by atoms with E-state index < -0.39 is 24.1 Å². The molecule has 1 saturated heterocycles. The molecule has 0 aliphatic carbocycles. The van der Waals surface area contributed by atoms with E-state index in [4.69, 9.17) is 9.47 Å². The van der Waals surface area contributed by atoms with Gasteiger partial charge in [-0.2, -0.15) is 0 Å². The van der Waals surface area contributed by atoms with Gasteiger partial charge in [0, 0.05) is 12.8 Å². The van der Waals surface area contributed by atoms with Gasteiger partial charge in [0.1, 0.15) is 11.9 Å². The van der Waals surface area contributed by atoms with E-state index >= 15 is 0 Å². The van der Waals surface area contributed by atoms with Crippen molar-refractivity contribution in [2.24, 2.45) is 0 Å². The van der Waals surface area contributed by atoms with Crippen LogP contribution in [0.25, 0.3) is 0 Å². The number of rotatable bonds is 1. The van der Waals surface area contributed by atoms with Gasteiger partial charge in [-0.1, -0.05) is 18.2 Å². The zero-order valence-corrected chi connectivity index (χ0v) is 10.5. The second-order valence-corrected chi connectivity index (χ2v) is 5.19. The van der Waals surface area contributed by atoms with Gasteiger partial charge in [-0.15, -0.1) is 0 Å². The topological polar surface area (TPSA) is 79.2 Å². The first-order valence-electron chi connectivity index (χ1n) is 6.56. The average Bonchev–Trinajstić information content (AvgIpc) is 2.44. The maximum atomic E-state index is 10.2. The molecule has 1 aromatic carbocycles. The highest BCUT2D eigenvalue weighted by Crippen LogP contribution is 2.40. The van der Waals surface area contributed by atoms with Crippen LogP contribution in [-0.4, -0.2) is 46.0 Å². The van der Waals surface area contributed by atoms with Gasteiger partial charge in [0.05, 0.1) is 18.8 Å². The normalized spacial score (nSPS) is 37.7. The lowest BCUT2D eigenvalue weighted by atomic mass is 9.88. The Kier molecular flexibility index (Phi) is 3.22. The molecule has 2 heterocycles. The first-order valence-corrected chi connectivity index (χ1v) is 6.56. The molecule has 0 radical (unpaired) electrons. The first-order chi connectivity index (χ1) is 9.14. The Balaban J connectivity index is 1.91. The molecule has 3 rings (SSSR count). The number of hydrogen-bond donors (Lipinski definition) is 3. The molecule has 1 spiro atoms. The quantitative estimate of drug-likeness (QED) is 0.677. The number of para-hydroxylation sites is 1. The van der Waals surface area contributed by atoms with Crippen molar-refractivity contribution in [1.29, 1.82) is 0 Å². The van der Waals surface area contributed by atoms with E-state index in [0.717, 1.165) is 5.56 Å². The van der Waals surface area contributed by atoms with Crippen molar-refractivity contribution < 1.29 is 24.8 Å². The Morgan fingerprint density at radius 2 is 2.05 bits per heavy atom. The minimum atomic E-state index is -1.25. The van der Waals surface area contributed by atoms with Gasteiger partial charge >= 0.3 is 0 Å². The first kappa shape index (κ1) is 12.9. The maximum absolute atomic E-state index is 10.2. The molecule has 0 saturated carbocycles. The van der Waals surface area contributed by atoms with Gasteiger partial charge in [0.15, 0.2) is 0 Å². The molecule has 4 atom stereocenters. The lowest BCUT2D eigenvalue weighted by molar-refractivity contribution is -0.317. The van der Waals surface area contributed by atoms with E-state index in [0.29, 0.717) is 18.6 Å². The highest BCUT2D eigenvalue weighted by atomic mass is 16.7. The number of aliphatic hydroxyl groups excluding tert-OH is 3. The summed E-state index contributed by atoms with van der Waals surface area (Å²) in [6, 6.07) is 7.58. The molecule has 0 amide bonds. The molecule has 0 aromatic heterocycles. The molecule has 2 aliphatic heterocycles. The van der Waals surface area contributed by atoms with Crippen LogP contribution >= 0.6 is 0 Å². The summed E-state index contributed by atoms with van der Waals surface area (Å²) in [5.41, 5.74) is 1.06. The van der Waals surface area contributed by atoms with Crippen LogP contribution in [0.2, 0.25) is 0 Å². The molecule has 2 aliphatic rings. The summed E-state index contributed by atoms with van der Waals surface area (Å²) in [6.45, 7) is -0.198. The van der Waals surface area contributed by atoms with Crippen molar-refractivity contribution in [3.63, 3.8) is 0 Å². The smallest absolute Gasteiger partial charge is 0.239 e. The summed E-state index contributed by atoms with van der Waals surface area (Å²) in [6.07, 6.45) is -1.19. The highest BCUT2D eigenvalue weighted by Gasteiger charge is 2.52. The Morgan fingerprint density at radius 1 is 1.26 bits per heavy atom. The third-order valence-corrected chi connectivity index (χ3v) is 3.89. The van der Waals surface area contributed by atoms with E-state index in [2.05, 4.69) is 0 Å². The van der Waals surface area contributed by atoms with Crippen LogP contribution in [0.3, 0.4) is 0 Å². The fraction of sp³-hybridized carbons (Fsp3) is 0.571. The van der Waals surface area contributed by atoms with Crippen molar-refractivity contribution in [3.8, 4) is 5.75 Å². The third kappa shape index (κ3) is 2.12. The minimum Gasteiger partial charge on any atom is -0.459 e. The second-order valence-electron chi connectivity index (χ2n) is 5.19. The van der Waals surface area contributed by atoms with Crippen LogP contribution in [0.1, 0.15) is 18.4 Å². The van der Waals surface area contributed by atoms with Crippen LogP contribution in [0.5, 0.6) is 5.75 Å². The third-order valence-electron chi connectivity index (χ3n) is 3.89. The Hall–Kier alpha value is -1.14. The standard InChI is InChI=1S/C14H18O5/c15-8-10-7-11(16)13(17)14(18-10)6-5-9-3-1-2-4-12(9)19-14/h1-4,10-11,13,15-17H,5-8H2. The van der Waals surface area contributed by atoms with Gasteiger partial charge < -0.3 is 24.8 Å². The van der Waals surface area contributed by atoms with E-state index in [1.807, 2.05) is 24.3 Å². The van der Waals surface area contributed by atoms with Crippen molar-refractivity contribution in [1.82, 2.24) is 0 Å². The summed E-state index contributed by atoms with van der Waals surface area (Å²) in [7, 11) is 0. The average molecular weight is 266 g/mol. The van der Waals surface area contributed by atoms with Gasteiger partial charge in [-0.25, -0.2) is 0 Å². The molecule has 104 valence electrons. The predicted octanol–water partition coefficient (Wildman–Crippen LogP) is 0.211. The van der Waals surface area contributed by atoms with E-state index in [9.17, 15) is 15.3 Å². The zero-order chi connectivity index (χ0) is 13.5. The summed E-state index contributed by atoms with van der Waals surface area (Å²) in [5, 5.41) is 29.4. The number of ether oxygens (including phenoxy) is 2. The van der Waals surface area contributed by atoms with Crippen LogP contribution in [0, 0.1) is 0 Å². The number of benzene rings is 1. The highest BCUT2D eigenvalue weighted by molar-refractivity contribution is 5.36. The van der Waals surface area contributed by atoms with Crippen LogP contribution in [0.4, 0.5) is 0 Å². The van der Waals surface area contributed by atoms with Gasteiger partial charge in [0.2, 0.25) is 5.79 Å². The van der Waals surface area contributed by atoms with Gasteiger partial charge in [-0.3, -0.25) is 0 Å². The summed E-state index contributed by atoms with van der Waals surface area (Å²) in [4.78, 5) is 0. The largest absolute Gasteiger partial charge is 0.459 e. The molecule has 5 heteroatoms. The number of fused-ring (bicyclic) bond motifs is 1. The van der Waals surface area contributed by atoms with E-state index in [1.165, 1.54) is 0 Å². The van der Waals surface area contributed by atoms with Crippen molar-refractivity contribution in [2.45, 2.75) is 43.4 Å². The molecular weight excluding hydrogens is 248 g/mol. The van der Waals surface area contributed by atoms with Gasteiger partial charge in [0.25, 0.3) is 0 Å². The molecule has 0 bridgehead atoms. The van der Waals surface area contributed by atoms with Gasteiger partial charge in [-0.05, 0) is 18.1 Å². The lowest BCUT2D eigenvalue weighted by Gasteiger charge is -2.48. The summed E-state index contributed by atoms with van der Waals surface area (Å²) < 4.78 is 11.6. The molecule has 19 heavy (non-hydrogen) atoms. The van der Waals surface area contributed by atoms with Crippen molar-refractivity contribution >= 4 is 0 Å². The molecular formula is C14H18O5. The predicted molar refractivity (Wildman–Crippen MR) is 66.7 cm³/mol. The molecule has 5 nitrogen and oxygen atoms in total. The Morgan fingerprint density at radius 3 is 2.84 bits per heavy atom. The Labute approximate surface area is 111 Å². The number of aliphatic hydroxyl groups is 3. The Bertz CT molecular complexity index is 463. The lowest BCUT2D eigenvalue weighted by Crippen LogP contribution is -2.62. The molecule has 4 unspecified atom stereocenters. The van der Waals surface area contributed by atoms with Crippen molar-refractivity contribution in [2.75, 3.05) is 6.61 Å². The number of aryl methyl sites for hydroxylation is 1. The minimum absolute atomic E-state index is 0.198. The van der Waals surface area contributed by atoms with E-state index in [-0.39, 0.29) is 13.0 Å². The second kappa shape index (κ2) is 4.76. The molecule has 1 fully saturated rings. The fourth-order valence-corrected chi connectivity index (χ4v) is 2.85. The SMILES string of the molecule is OCC1CC(O)C(O)C2(CCc3ccccc3O2)O1. The summed E-state index contributed by atoms with van der Waals surface area (Å²) >= 11 is 0. The molecule has 1 aromatic rings. The number of hydrogen-bond acceptors (Lipinski definition) is 5. The maximum Gasteiger partial charge on any atom is 0.239 e. The zero-order valence-electron chi connectivity index (χ0n) is 10.5. The molecule has 3 N–H and O–H groups in total. The van der Waals surface area contributed by atoms with Crippen LogP contribution in [-0.2, 0) is 11.2 Å². The fourth-order valence-electron chi connectivity index (χ4n) is 2.85. The monoisotopic (exact) mass is 266 g/mol. The summed E-state index contributed by atoms with van der Waals surface area (Å²) in [5.74, 6) is -0.585. The van der Waals surface area contributed by atoms with Crippen molar-refractivity contribution in [3.05, 3.63) is 29.8 Å².